The number of rotatable bonds is 2. The minimum absolute atomic E-state index is 0.0930. The molecule has 0 N–H and O–H groups in total. The van der Waals surface area contributed by atoms with E-state index in [1.54, 1.807) is 19.1 Å². The normalized spacial score (nSPS) is 22.2. The van der Waals surface area contributed by atoms with Crippen molar-refractivity contribution in [2.24, 2.45) is 9.98 Å². The van der Waals surface area contributed by atoms with Gasteiger partial charge in [-0.15, -0.1) is 0 Å². The molecular formula is C17H13F4N3O2. The van der Waals surface area contributed by atoms with Gasteiger partial charge in [-0.25, -0.2) is 19.2 Å². The number of alkyl halides is 3. The Balaban J connectivity index is 2.29. The summed E-state index contributed by atoms with van der Waals surface area (Å²) in [5, 5.41) is 0. The molecule has 26 heavy (non-hydrogen) atoms. The van der Waals surface area contributed by atoms with Gasteiger partial charge >= 0.3 is 17.8 Å². The maximum Gasteiger partial charge on any atom is 0.445 e. The van der Waals surface area contributed by atoms with Crippen molar-refractivity contribution < 1.29 is 27.1 Å². The van der Waals surface area contributed by atoms with Crippen LogP contribution in [0.1, 0.15) is 12.5 Å². The Morgan fingerprint density at radius 2 is 1.77 bits per heavy atom. The lowest BCUT2D eigenvalue weighted by Crippen LogP contribution is -2.56. The van der Waals surface area contributed by atoms with Crippen molar-refractivity contribution in [1.82, 2.24) is 4.90 Å². The van der Waals surface area contributed by atoms with Gasteiger partial charge in [-0.05, 0) is 42.8 Å². The fourth-order valence-corrected chi connectivity index (χ4v) is 2.59. The standard InChI is InChI=1S/C17H13F4N3O2/c1-10-4-3-9-24-13(10)22-16(15(25)26-2,17(19,20)21)23-14(24)11-5-7-12(18)8-6-11/h3-9H,1-2H3/t16-/m1/s1. The maximum absolute atomic E-state index is 13.8. The van der Waals surface area contributed by atoms with E-state index in [4.69, 9.17) is 0 Å². The molecule has 3 rings (SSSR count). The smallest absolute Gasteiger partial charge is 0.445 e. The fourth-order valence-electron chi connectivity index (χ4n) is 2.59. The van der Waals surface area contributed by atoms with E-state index in [1.165, 1.54) is 23.2 Å². The Labute approximate surface area is 146 Å². The van der Waals surface area contributed by atoms with Crippen LogP contribution < -0.4 is 0 Å². The highest BCUT2D eigenvalue weighted by Crippen LogP contribution is 2.40. The third-order valence-corrected chi connectivity index (χ3v) is 3.89. The minimum Gasteiger partial charge on any atom is -0.465 e. The zero-order valence-electron chi connectivity index (χ0n) is 13.7. The van der Waals surface area contributed by atoms with Gasteiger partial charge in [-0.1, -0.05) is 6.08 Å². The van der Waals surface area contributed by atoms with Crippen LogP contribution in [-0.4, -0.2) is 41.5 Å². The van der Waals surface area contributed by atoms with Crippen LogP contribution in [0.5, 0.6) is 0 Å². The number of allylic oxidation sites excluding steroid dienone is 2. The molecule has 0 amide bonds. The molecule has 0 saturated carbocycles. The summed E-state index contributed by atoms with van der Waals surface area (Å²) in [6.07, 6.45) is -0.509. The lowest BCUT2D eigenvalue weighted by atomic mass is 10.0. The van der Waals surface area contributed by atoms with Crippen LogP contribution in [0.4, 0.5) is 17.6 Å². The van der Waals surface area contributed by atoms with Gasteiger partial charge in [0.05, 0.1) is 7.11 Å². The number of fused-ring (bicyclic) bond motifs is 1. The molecule has 0 aliphatic carbocycles. The first-order valence-electron chi connectivity index (χ1n) is 7.45. The van der Waals surface area contributed by atoms with E-state index in [9.17, 15) is 22.4 Å². The van der Waals surface area contributed by atoms with Crippen molar-refractivity contribution in [3.8, 4) is 0 Å². The Morgan fingerprint density at radius 1 is 1.15 bits per heavy atom. The highest BCUT2D eigenvalue weighted by atomic mass is 19.4. The van der Waals surface area contributed by atoms with Gasteiger partial charge in [0.15, 0.2) is 0 Å². The fraction of sp³-hybridized carbons (Fsp3) is 0.235. The molecule has 0 aromatic heterocycles. The highest BCUT2D eigenvalue weighted by Gasteiger charge is 2.65. The third-order valence-electron chi connectivity index (χ3n) is 3.89. The Hall–Kier alpha value is -2.97. The van der Waals surface area contributed by atoms with Crippen LogP contribution in [0.15, 0.2) is 58.2 Å². The zero-order valence-corrected chi connectivity index (χ0v) is 13.7. The van der Waals surface area contributed by atoms with Crippen molar-refractivity contribution in [3.05, 3.63) is 59.6 Å². The van der Waals surface area contributed by atoms with Crippen molar-refractivity contribution in [3.63, 3.8) is 0 Å². The Kier molecular flexibility index (Phi) is 4.17. The number of benzene rings is 1. The van der Waals surface area contributed by atoms with Gasteiger partial charge < -0.3 is 4.74 Å². The summed E-state index contributed by atoms with van der Waals surface area (Å²) in [6, 6.07) is 4.73. The van der Waals surface area contributed by atoms with E-state index in [-0.39, 0.29) is 17.2 Å². The van der Waals surface area contributed by atoms with Crippen LogP contribution in [0.25, 0.3) is 0 Å². The predicted octanol–water partition coefficient (Wildman–Crippen LogP) is 3.19. The summed E-state index contributed by atoms with van der Waals surface area (Å²) in [6.45, 7) is 1.56. The first kappa shape index (κ1) is 17.8. The molecule has 2 aliphatic heterocycles. The van der Waals surface area contributed by atoms with E-state index >= 15 is 0 Å². The number of carbonyl (C=O) groups is 1. The van der Waals surface area contributed by atoms with Crippen LogP contribution in [0.2, 0.25) is 0 Å². The first-order chi connectivity index (χ1) is 12.2. The van der Waals surface area contributed by atoms with Crippen molar-refractivity contribution in [2.75, 3.05) is 7.11 Å². The number of halogens is 4. The summed E-state index contributed by atoms with van der Waals surface area (Å²) in [5.41, 5.74) is -2.84. The second kappa shape index (κ2) is 6.08. The lowest BCUT2D eigenvalue weighted by Gasteiger charge is -2.37. The second-order valence-corrected chi connectivity index (χ2v) is 5.60. The number of aliphatic imine (C=N–C) groups is 2. The van der Waals surface area contributed by atoms with Gasteiger partial charge in [-0.2, -0.15) is 13.2 Å². The molecular weight excluding hydrogens is 354 g/mol. The molecule has 9 heteroatoms. The number of hydrogen-bond donors (Lipinski definition) is 0. The largest absolute Gasteiger partial charge is 0.465 e. The monoisotopic (exact) mass is 367 g/mol. The van der Waals surface area contributed by atoms with Crippen molar-refractivity contribution in [2.45, 2.75) is 18.8 Å². The van der Waals surface area contributed by atoms with Crippen molar-refractivity contribution >= 4 is 17.6 Å². The number of esters is 1. The summed E-state index contributed by atoms with van der Waals surface area (Å²) in [5.74, 6) is -2.50. The van der Waals surface area contributed by atoms with Gasteiger partial charge in [0, 0.05) is 11.8 Å². The number of nitrogens with zero attached hydrogens (tertiary/aromatic N) is 3. The Morgan fingerprint density at radius 3 is 2.35 bits per heavy atom. The molecule has 1 atom stereocenters. The van der Waals surface area contributed by atoms with Gasteiger partial charge in [0.1, 0.15) is 17.5 Å². The molecule has 1 aromatic rings. The van der Waals surface area contributed by atoms with Crippen LogP contribution in [0, 0.1) is 5.82 Å². The van der Waals surface area contributed by atoms with E-state index in [0.717, 1.165) is 19.2 Å². The predicted molar refractivity (Wildman–Crippen MR) is 85.9 cm³/mol. The Bertz CT molecular complexity index is 869. The number of amidine groups is 2. The van der Waals surface area contributed by atoms with Crippen LogP contribution in [0.3, 0.4) is 0 Å². The van der Waals surface area contributed by atoms with Gasteiger partial charge in [0.25, 0.3) is 0 Å². The number of carbonyl (C=O) groups excluding carboxylic acids is 1. The number of hydrogen-bond acceptors (Lipinski definition) is 5. The number of ether oxygens (including phenoxy) is 1. The average Bonchev–Trinajstić information content (AvgIpc) is 2.60. The molecule has 2 aliphatic rings. The molecule has 0 radical (unpaired) electrons. The molecule has 1 aromatic carbocycles. The summed E-state index contributed by atoms with van der Waals surface area (Å²) in [4.78, 5) is 20.6. The van der Waals surface area contributed by atoms with Gasteiger partial charge in [-0.3, -0.25) is 4.90 Å². The van der Waals surface area contributed by atoms with Gasteiger partial charge in [0.2, 0.25) is 0 Å². The summed E-state index contributed by atoms with van der Waals surface area (Å²) < 4.78 is 59.1. The lowest BCUT2D eigenvalue weighted by molar-refractivity contribution is -0.202. The van der Waals surface area contributed by atoms with E-state index in [2.05, 4.69) is 14.7 Å². The third kappa shape index (κ3) is 2.69. The van der Waals surface area contributed by atoms with Crippen molar-refractivity contribution in [1.29, 1.82) is 0 Å². The molecule has 2 heterocycles. The van der Waals surface area contributed by atoms with E-state index in [0.29, 0.717) is 5.57 Å². The molecule has 0 saturated heterocycles. The molecule has 0 bridgehead atoms. The maximum atomic E-state index is 13.8. The minimum atomic E-state index is -5.13. The SMILES string of the molecule is COC(=O)[C@@]1(C(F)(F)F)N=C2C(C)=CC=CN2C(c2ccc(F)cc2)=N1. The average molecular weight is 367 g/mol. The van der Waals surface area contributed by atoms with Crippen LogP contribution in [-0.2, 0) is 9.53 Å². The van der Waals surface area contributed by atoms with Crippen LogP contribution >= 0.6 is 0 Å². The molecule has 0 unspecified atom stereocenters. The molecule has 136 valence electrons. The summed E-state index contributed by atoms with van der Waals surface area (Å²) >= 11 is 0. The first-order valence-corrected chi connectivity index (χ1v) is 7.45. The summed E-state index contributed by atoms with van der Waals surface area (Å²) in [7, 11) is 0.832. The quantitative estimate of drug-likeness (QED) is 0.596. The van der Waals surface area contributed by atoms with E-state index < -0.39 is 23.6 Å². The molecule has 5 nitrogen and oxygen atoms in total. The molecule has 0 spiro atoms. The zero-order chi connectivity index (χ0) is 19.1. The molecule has 0 fully saturated rings. The topological polar surface area (TPSA) is 54.3 Å². The number of methoxy groups -OCH3 is 1. The second-order valence-electron chi connectivity index (χ2n) is 5.60. The highest BCUT2D eigenvalue weighted by molar-refractivity contribution is 6.18. The van der Waals surface area contributed by atoms with E-state index in [1.807, 2.05) is 0 Å².